The summed E-state index contributed by atoms with van der Waals surface area (Å²) in [5.41, 5.74) is 3.19. The van der Waals surface area contributed by atoms with E-state index in [4.69, 9.17) is 9.47 Å². The van der Waals surface area contributed by atoms with Gasteiger partial charge in [-0.1, -0.05) is 54.6 Å². The van der Waals surface area contributed by atoms with Crippen molar-refractivity contribution in [2.24, 2.45) is 0 Å². The van der Waals surface area contributed by atoms with Gasteiger partial charge in [0.15, 0.2) is 6.61 Å². The van der Waals surface area contributed by atoms with Gasteiger partial charge in [-0.3, -0.25) is 4.79 Å². The standard InChI is InChI=1S/C26H25NO4/c1-20-7-5-6-8-22(20)17-18-27-25(28)19-30-26(29)16-13-21-11-14-24(15-12-21)31-23-9-3-2-4-10-23/h2-16H,17-19H2,1H3,(H,27,28)/b16-13+. The first-order valence-electron chi connectivity index (χ1n) is 10.1. The lowest BCUT2D eigenvalue weighted by atomic mass is 10.1. The first kappa shape index (κ1) is 21.8. The fourth-order valence-electron chi connectivity index (χ4n) is 2.90. The molecule has 0 fully saturated rings. The number of rotatable bonds is 9. The van der Waals surface area contributed by atoms with Gasteiger partial charge in [-0.05, 0) is 60.4 Å². The number of esters is 1. The normalized spacial score (nSPS) is 10.6. The quantitative estimate of drug-likeness (QED) is 0.406. The van der Waals surface area contributed by atoms with Crippen LogP contribution in [0.2, 0.25) is 0 Å². The van der Waals surface area contributed by atoms with E-state index in [9.17, 15) is 9.59 Å². The van der Waals surface area contributed by atoms with Crippen LogP contribution in [-0.4, -0.2) is 25.0 Å². The van der Waals surface area contributed by atoms with E-state index < -0.39 is 5.97 Å². The number of nitrogens with one attached hydrogen (secondary N) is 1. The molecule has 1 N–H and O–H groups in total. The molecule has 0 radical (unpaired) electrons. The molecule has 5 heteroatoms. The van der Waals surface area contributed by atoms with E-state index in [-0.39, 0.29) is 12.5 Å². The summed E-state index contributed by atoms with van der Waals surface area (Å²) in [6, 6.07) is 24.8. The highest BCUT2D eigenvalue weighted by Crippen LogP contribution is 2.21. The van der Waals surface area contributed by atoms with E-state index in [0.717, 1.165) is 17.7 Å². The lowest BCUT2D eigenvalue weighted by molar-refractivity contribution is -0.143. The van der Waals surface area contributed by atoms with Crippen molar-refractivity contribution in [1.82, 2.24) is 5.32 Å². The van der Waals surface area contributed by atoms with Crippen molar-refractivity contribution in [1.29, 1.82) is 0 Å². The Morgan fingerprint density at radius 3 is 2.29 bits per heavy atom. The summed E-state index contributed by atoms with van der Waals surface area (Å²) in [7, 11) is 0. The molecule has 0 saturated heterocycles. The fourth-order valence-corrected chi connectivity index (χ4v) is 2.90. The van der Waals surface area contributed by atoms with Crippen LogP contribution in [0.3, 0.4) is 0 Å². The molecule has 0 aliphatic heterocycles. The van der Waals surface area contributed by atoms with Gasteiger partial charge >= 0.3 is 5.97 Å². The molecule has 0 aromatic heterocycles. The molecule has 0 saturated carbocycles. The second-order valence-corrected chi connectivity index (χ2v) is 6.95. The zero-order chi connectivity index (χ0) is 21.9. The lowest BCUT2D eigenvalue weighted by Crippen LogP contribution is -2.30. The van der Waals surface area contributed by atoms with Crippen molar-refractivity contribution in [3.63, 3.8) is 0 Å². The molecule has 0 aliphatic rings. The van der Waals surface area contributed by atoms with E-state index in [2.05, 4.69) is 5.32 Å². The highest BCUT2D eigenvalue weighted by Gasteiger charge is 2.05. The van der Waals surface area contributed by atoms with Gasteiger partial charge in [0.05, 0.1) is 0 Å². The lowest BCUT2D eigenvalue weighted by Gasteiger charge is -2.07. The molecule has 1 amide bonds. The van der Waals surface area contributed by atoms with Gasteiger partial charge < -0.3 is 14.8 Å². The van der Waals surface area contributed by atoms with Crippen molar-refractivity contribution >= 4 is 18.0 Å². The minimum absolute atomic E-state index is 0.305. The number of carbonyl (C=O) groups is 2. The molecular formula is C26H25NO4. The monoisotopic (exact) mass is 415 g/mol. The maximum Gasteiger partial charge on any atom is 0.331 e. The van der Waals surface area contributed by atoms with Gasteiger partial charge in [-0.25, -0.2) is 4.79 Å². The Morgan fingerprint density at radius 1 is 0.871 bits per heavy atom. The van der Waals surface area contributed by atoms with Crippen LogP contribution in [0.4, 0.5) is 0 Å². The largest absolute Gasteiger partial charge is 0.457 e. The second kappa shape index (κ2) is 11.4. The van der Waals surface area contributed by atoms with Crippen molar-refractivity contribution in [2.45, 2.75) is 13.3 Å². The molecule has 0 unspecified atom stereocenters. The summed E-state index contributed by atoms with van der Waals surface area (Å²) in [5.74, 6) is 0.566. The Labute approximate surface area is 182 Å². The SMILES string of the molecule is Cc1ccccc1CCNC(=O)COC(=O)/C=C/c1ccc(Oc2ccccc2)cc1. The molecule has 0 bridgehead atoms. The first-order valence-corrected chi connectivity index (χ1v) is 10.1. The molecule has 3 aromatic carbocycles. The Balaban J connectivity index is 1.37. The number of para-hydroxylation sites is 1. The third-order valence-corrected chi connectivity index (χ3v) is 4.59. The minimum Gasteiger partial charge on any atom is -0.457 e. The van der Waals surface area contributed by atoms with E-state index >= 15 is 0 Å². The van der Waals surface area contributed by atoms with Crippen molar-refractivity contribution in [3.05, 3.63) is 102 Å². The molecule has 5 nitrogen and oxygen atoms in total. The molecule has 0 heterocycles. The third-order valence-electron chi connectivity index (χ3n) is 4.59. The highest BCUT2D eigenvalue weighted by molar-refractivity contribution is 5.89. The molecule has 0 atom stereocenters. The van der Waals surface area contributed by atoms with Crippen LogP contribution in [0.25, 0.3) is 6.08 Å². The zero-order valence-electron chi connectivity index (χ0n) is 17.4. The van der Waals surface area contributed by atoms with E-state index in [1.807, 2.05) is 85.8 Å². The van der Waals surface area contributed by atoms with Gasteiger partial charge in [0.25, 0.3) is 5.91 Å². The first-order chi connectivity index (χ1) is 15.1. The van der Waals surface area contributed by atoms with Crippen LogP contribution >= 0.6 is 0 Å². The van der Waals surface area contributed by atoms with Crippen LogP contribution in [0.5, 0.6) is 11.5 Å². The van der Waals surface area contributed by atoms with Crippen LogP contribution in [0, 0.1) is 6.92 Å². The zero-order valence-corrected chi connectivity index (χ0v) is 17.4. The summed E-state index contributed by atoms with van der Waals surface area (Å²) in [6.07, 6.45) is 3.66. The molecule has 0 aliphatic carbocycles. The molecule has 3 rings (SSSR count). The minimum atomic E-state index is -0.571. The summed E-state index contributed by atoms with van der Waals surface area (Å²) in [6.45, 7) is 2.23. The molecule has 3 aromatic rings. The molecular weight excluding hydrogens is 390 g/mol. The van der Waals surface area contributed by atoms with Gasteiger partial charge in [-0.2, -0.15) is 0 Å². The number of carbonyl (C=O) groups excluding carboxylic acids is 2. The average molecular weight is 415 g/mol. The molecule has 0 spiro atoms. The van der Waals surface area contributed by atoms with Gasteiger partial charge in [-0.15, -0.1) is 0 Å². The smallest absolute Gasteiger partial charge is 0.331 e. The Morgan fingerprint density at radius 2 is 1.55 bits per heavy atom. The van der Waals surface area contributed by atoms with Gasteiger partial charge in [0.2, 0.25) is 0 Å². The summed E-state index contributed by atoms with van der Waals surface area (Å²) >= 11 is 0. The van der Waals surface area contributed by atoms with Crippen molar-refractivity contribution in [2.75, 3.05) is 13.2 Å². The van der Waals surface area contributed by atoms with Gasteiger partial charge in [0.1, 0.15) is 11.5 Å². The van der Waals surface area contributed by atoms with Crippen LogP contribution in [-0.2, 0) is 20.7 Å². The third kappa shape index (κ3) is 7.48. The maximum atomic E-state index is 11.9. The van der Waals surface area contributed by atoms with Crippen molar-refractivity contribution < 1.29 is 19.1 Å². The molecule has 158 valence electrons. The van der Waals surface area contributed by atoms with Gasteiger partial charge in [0, 0.05) is 12.6 Å². The number of hydrogen-bond donors (Lipinski definition) is 1. The Kier molecular flexibility index (Phi) is 8.00. The predicted octanol–water partition coefficient (Wildman–Crippen LogP) is 4.70. The maximum absolute atomic E-state index is 11.9. The molecule has 31 heavy (non-hydrogen) atoms. The number of ether oxygens (including phenoxy) is 2. The Bertz CT molecular complexity index is 1030. The number of amides is 1. The summed E-state index contributed by atoms with van der Waals surface area (Å²) < 4.78 is 10.7. The van der Waals surface area contributed by atoms with Crippen LogP contribution < -0.4 is 10.1 Å². The number of benzene rings is 3. The summed E-state index contributed by atoms with van der Waals surface area (Å²) in [5, 5.41) is 2.76. The van der Waals surface area contributed by atoms with Crippen molar-refractivity contribution in [3.8, 4) is 11.5 Å². The van der Waals surface area contributed by atoms with E-state index in [0.29, 0.717) is 12.3 Å². The number of hydrogen-bond acceptors (Lipinski definition) is 4. The van der Waals surface area contributed by atoms with E-state index in [1.165, 1.54) is 17.2 Å². The topological polar surface area (TPSA) is 64.6 Å². The summed E-state index contributed by atoms with van der Waals surface area (Å²) in [4.78, 5) is 23.7. The predicted molar refractivity (Wildman–Crippen MR) is 121 cm³/mol. The average Bonchev–Trinajstić information content (AvgIpc) is 2.79. The Hall–Kier alpha value is -3.86. The van der Waals surface area contributed by atoms with Crippen LogP contribution in [0.15, 0.2) is 84.9 Å². The van der Waals surface area contributed by atoms with Crippen LogP contribution in [0.1, 0.15) is 16.7 Å². The highest BCUT2D eigenvalue weighted by atomic mass is 16.5. The second-order valence-electron chi connectivity index (χ2n) is 6.95. The van der Waals surface area contributed by atoms with E-state index in [1.54, 1.807) is 6.08 Å². The fraction of sp³-hybridized carbons (Fsp3) is 0.154. The number of aryl methyl sites for hydroxylation is 1.